The number of nitro groups is 1. The Hall–Kier alpha value is -4.71. The van der Waals surface area contributed by atoms with E-state index in [9.17, 15) is 14.9 Å². The number of hydrogen-bond donors (Lipinski definition) is 2. The zero-order valence-corrected chi connectivity index (χ0v) is 21.8. The third-order valence-electron chi connectivity index (χ3n) is 6.96. The number of primary amides is 1. The van der Waals surface area contributed by atoms with Gasteiger partial charge < -0.3 is 25.3 Å². The number of benzene rings is 2. The lowest BCUT2D eigenvalue weighted by Crippen LogP contribution is -2.47. The topological polar surface area (TPSA) is 145 Å². The van der Waals surface area contributed by atoms with Crippen LogP contribution in [0.25, 0.3) is 22.2 Å². The number of nitrogens with two attached hydrogens (primary N) is 1. The quantitative estimate of drug-likeness (QED) is 0.246. The van der Waals surface area contributed by atoms with Gasteiger partial charge in [0, 0.05) is 87.2 Å². The van der Waals surface area contributed by atoms with Crippen LogP contribution >= 0.6 is 0 Å². The number of piperazine rings is 1. The molecule has 12 heteroatoms. The van der Waals surface area contributed by atoms with Gasteiger partial charge in [0.15, 0.2) is 0 Å². The van der Waals surface area contributed by atoms with Gasteiger partial charge in [-0.15, -0.1) is 0 Å². The van der Waals surface area contributed by atoms with Gasteiger partial charge in [-0.3, -0.25) is 19.8 Å². The van der Waals surface area contributed by atoms with Gasteiger partial charge in [0.05, 0.1) is 23.4 Å². The molecule has 4 aromatic rings. The van der Waals surface area contributed by atoms with Gasteiger partial charge in [-0.2, -0.15) is 0 Å². The van der Waals surface area contributed by atoms with Crippen molar-refractivity contribution < 1.29 is 14.5 Å². The van der Waals surface area contributed by atoms with Crippen molar-refractivity contribution in [1.29, 1.82) is 0 Å². The molecule has 3 N–H and O–H groups in total. The van der Waals surface area contributed by atoms with E-state index in [0.29, 0.717) is 55.8 Å². The van der Waals surface area contributed by atoms with Crippen molar-refractivity contribution >= 4 is 39.8 Å². The van der Waals surface area contributed by atoms with E-state index in [0.717, 1.165) is 22.2 Å². The molecule has 3 heterocycles. The van der Waals surface area contributed by atoms with E-state index in [1.807, 2.05) is 53.0 Å². The maximum absolute atomic E-state index is 12.1. The summed E-state index contributed by atoms with van der Waals surface area (Å²) >= 11 is 0. The van der Waals surface area contributed by atoms with Crippen molar-refractivity contribution in [3.8, 4) is 17.0 Å². The molecule has 2 aromatic heterocycles. The minimum Gasteiger partial charge on any atom is -0.494 e. The molecule has 5 rings (SSSR count). The Bertz CT molecular complexity index is 1530. The van der Waals surface area contributed by atoms with Crippen LogP contribution in [0.4, 0.5) is 23.0 Å². The molecule has 2 aromatic carbocycles. The van der Waals surface area contributed by atoms with E-state index in [2.05, 4.69) is 15.2 Å². The number of rotatable bonds is 9. The maximum Gasteiger partial charge on any atom is 0.294 e. The van der Waals surface area contributed by atoms with Gasteiger partial charge in [0.25, 0.3) is 5.69 Å². The van der Waals surface area contributed by atoms with E-state index in [4.69, 9.17) is 15.5 Å². The predicted molar refractivity (Wildman–Crippen MR) is 149 cm³/mol. The van der Waals surface area contributed by atoms with E-state index >= 15 is 0 Å². The first-order chi connectivity index (χ1) is 18.8. The summed E-state index contributed by atoms with van der Waals surface area (Å²) in [5, 5.41) is 16.3. The van der Waals surface area contributed by atoms with Crippen LogP contribution in [0.2, 0.25) is 0 Å². The van der Waals surface area contributed by atoms with Crippen molar-refractivity contribution in [2.24, 2.45) is 12.8 Å². The second kappa shape index (κ2) is 11.0. The summed E-state index contributed by atoms with van der Waals surface area (Å²) in [5.41, 5.74) is 8.85. The standard InChI is InChI=1S/C27H30N8O4/c1-32-17-19(18-5-3-4-6-22(18)32)20-7-9-29-27(30-20)31-21-15-24(35(37)38)23(16-25(21)39-2)34-13-11-33(12-14-34)10-8-26(28)36/h3-7,9,15-17H,8,10-14H2,1-2H3,(H2,28,36)(H,29,30,31). The average molecular weight is 531 g/mol. The lowest BCUT2D eigenvalue weighted by Gasteiger charge is -2.35. The van der Waals surface area contributed by atoms with E-state index in [-0.39, 0.29) is 18.0 Å². The van der Waals surface area contributed by atoms with Crippen LogP contribution in [0, 0.1) is 10.1 Å². The third-order valence-corrected chi connectivity index (χ3v) is 6.96. The minimum atomic E-state index is -0.396. The Morgan fingerprint density at radius 1 is 1.18 bits per heavy atom. The predicted octanol–water partition coefficient (Wildman–Crippen LogP) is 3.29. The first-order valence-electron chi connectivity index (χ1n) is 12.6. The summed E-state index contributed by atoms with van der Waals surface area (Å²) in [4.78, 5) is 35.9. The number of para-hydroxylation sites is 1. The summed E-state index contributed by atoms with van der Waals surface area (Å²) in [6.45, 7) is 3.07. The molecule has 1 amide bonds. The molecule has 202 valence electrons. The minimum absolute atomic E-state index is 0.0471. The van der Waals surface area contributed by atoms with Gasteiger partial charge in [-0.1, -0.05) is 18.2 Å². The Morgan fingerprint density at radius 3 is 2.67 bits per heavy atom. The highest BCUT2D eigenvalue weighted by molar-refractivity contribution is 5.95. The largest absolute Gasteiger partial charge is 0.494 e. The highest BCUT2D eigenvalue weighted by Crippen LogP contribution is 2.40. The first kappa shape index (κ1) is 25.9. The van der Waals surface area contributed by atoms with Gasteiger partial charge in [0.2, 0.25) is 11.9 Å². The number of carbonyl (C=O) groups is 1. The van der Waals surface area contributed by atoms with Gasteiger partial charge >= 0.3 is 0 Å². The Balaban J connectivity index is 1.41. The summed E-state index contributed by atoms with van der Waals surface area (Å²) in [6, 6.07) is 13.0. The normalized spacial score (nSPS) is 13.9. The first-order valence-corrected chi connectivity index (χ1v) is 12.6. The number of carbonyl (C=O) groups excluding carboxylic acids is 1. The summed E-state index contributed by atoms with van der Waals surface area (Å²) in [7, 11) is 3.50. The number of nitro benzene ring substituents is 1. The maximum atomic E-state index is 12.1. The van der Waals surface area contributed by atoms with Crippen LogP contribution in [0.5, 0.6) is 5.75 Å². The number of methoxy groups -OCH3 is 1. The molecule has 0 bridgehead atoms. The average Bonchev–Trinajstić information content (AvgIpc) is 3.28. The van der Waals surface area contributed by atoms with Crippen molar-refractivity contribution in [3.63, 3.8) is 0 Å². The molecule has 1 saturated heterocycles. The number of amides is 1. The fourth-order valence-electron chi connectivity index (χ4n) is 4.94. The monoisotopic (exact) mass is 530 g/mol. The van der Waals surface area contributed by atoms with E-state index < -0.39 is 4.92 Å². The molecule has 0 saturated carbocycles. The molecule has 0 radical (unpaired) electrons. The molecule has 0 atom stereocenters. The SMILES string of the molecule is COc1cc(N2CCN(CCC(N)=O)CC2)c([N+](=O)[O-])cc1Nc1nccc(-c2cn(C)c3ccccc23)n1. The van der Waals surface area contributed by atoms with Crippen LogP contribution in [0.3, 0.4) is 0 Å². The number of fused-ring (bicyclic) bond motifs is 1. The summed E-state index contributed by atoms with van der Waals surface area (Å²) in [5.74, 6) is 0.391. The molecule has 1 fully saturated rings. The summed E-state index contributed by atoms with van der Waals surface area (Å²) < 4.78 is 7.66. The molecule has 0 unspecified atom stereocenters. The molecule has 1 aliphatic rings. The molecule has 1 aliphatic heterocycles. The fourth-order valence-corrected chi connectivity index (χ4v) is 4.94. The van der Waals surface area contributed by atoms with Crippen LogP contribution in [0.1, 0.15) is 6.42 Å². The number of anilines is 3. The van der Waals surface area contributed by atoms with Crippen LogP contribution in [-0.4, -0.2) is 70.1 Å². The van der Waals surface area contributed by atoms with Gasteiger partial charge in [0.1, 0.15) is 11.4 Å². The third kappa shape index (κ3) is 5.46. The van der Waals surface area contributed by atoms with Gasteiger partial charge in [-0.05, 0) is 12.1 Å². The molecule has 0 spiro atoms. The number of hydrogen-bond acceptors (Lipinski definition) is 9. The lowest BCUT2D eigenvalue weighted by molar-refractivity contribution is -0.384. The molecular formula is C27H30N8O4. The number of nitrogens with zero attached hydrogens (tertiary/aromatic N) is 6. The van der Waals surface area contributed by atoms with E-state index in [1.54, 1.807) is 12.3 Å². The smallest absolute Gasteiger partial charge is 0.294 e. The Kier molecular flexibility index (Phi) is 7.28. The zero-order valence-electron chi connectivity index (χ0n) is 21.8. The van der Waals surface area contributed by atoms with Crippen molar-refractivity contribution in [2.45, 2.75) is 6.42 Å². The summed E-state index contributed by atoms with van der Waals surface area (Å²) in [6.07, 6.45) is 3.96. The number of aryl methyl sites for hydroxylation is 1. The molecule has 0 aliphatic carbocycles. The highest BCUT2D eigenvalue weighted by atomic mass is 16.6. The van der Waals surface area contributed by atoms with E-state index in [1.165, 1.54) is 13.2 Å². The van der Waals surface area contributed by atoms with Crippen molar-refractivity contribution in [3.05, 3.63) is 65.0 Å². The number of nitrogens with one attached hydrogen (secondary N) is 1. The number of aromatic nitrogens is 3. The second-order valence-corrected chi connectivity index (χ2v) is 9.40. The molecule has 39 heavy (non-hydrogen) atoms. The van der Waals surface area contributed by atoms with Crippen molar-refractivity contribution in [1.82, 2.24) is 19.4 Å². The highest BCUT2D eigenvalue weighted by Gasteiger charge is 2.27. The zero-order chi connectivity index (χ0) is 27.5. The van der Waals surface area contributed by atoms with Crippen LogP contribution in [0.15, 0.2) is 54.9 Å². The Morgan fingerprint density at radius 2 is 1.95 bits per heavy atom. The number of ether oxygens (including phenoxy) is 1. The Labute approximate surface area is 225 Å². The molecular weight excluding hydrogens is 500 g/mol. The molecule has 12 nitrogen and oxygen atoms in total. The van der Waals surface area contributed by atoms with Crippen LogP contribution < -0.4 is 20.7 Å². The fraction of sp³-hybridized carbons (Fsp3) is 0.296. The lowest BCUT2D eigenvalue weighted by atomic mass is 10.1. The van der Waals surface area contributed by atoms with Crippen molar-refractivity contribution in [2.75, 3.05) is 50.1 Å². The second-order valence-electron chi connectivity index (χ2n) is 9.40. The van der Waals surface area contributed by atoms with Gasteiger partial charge in [-0.25, -0.2) is 9.97 Å². The van der Waals surface area contributed by atoms with Crippen LogP contribution in [-0.2, 0) is 11.8 Å².